The fourth-order valence-electron chi connectivity index (χ4n) is 2.36. The lowest BCUT2D eigenvalue weighted by atomic mass is 10.1. The molecule has 1 aliphatic rings. The van der Waals surface area contributed by atoms with Crippen molar-refractivity contribution in [3.63, 3.8) is 0 Å². The van der Waals surface area contributed by atoms with E-state index in [2.05, 4.69) is 18.3 Å². The topological polar surface area (TPSA) is 39.7 Å². The second-order valence-corrected chi connectivity index (χ2v) is 5.05. The summed E-state index contributed by atoms with van der Waals surface area (Å²) in [7, 11) is 1.69. The quantitative estimate of drug-likeness (QED) is 0.779. The largest absolute Gasteiger partial charge is 0.493 e. The van der Waals surface area contributed by atoms with Crippen LogP contribution in [0.3, 0.4) is 0 Å². The third-order valence-corrected chi connectivity index (χ3v) is 3.48. The van der Waals surface area contributed by atoms with Gasteiger partial charge in [-0.05, 0) is 19.0 Å². The maximum Gasteiger partial charge on any atom is 0.166 e. The highest BCUT2D eigenvalue weighted by Crippen LogP contribution is 2.33. The van der Waals surface area contributed by atoms with Crippen LogP contribution in [0.4, 0.5) is 0 Å². The molecule has 0 spiro atoms. The Morgan fingerprint density at radius 3 is 2.80 bits per heavy atom. The zero-order chi connectivity index (χ0) is 14.2. The Balaban J connectivity index is 2.09. The van der Waals surface area contributed by atoms with Crippen LogP contribution in [-0.4, -0.2) is 33.0 Å². The summed E-state index contributed by atoms with van der Waals surface area (Å²) >= 11 is 0. The van der Waals surface area contributed by atoms with Crippen LogP contribution in [0.1, 0.15) is 31.7 Å². The van der Waals surface area contributed by atoms with Crippen molar-refractivity contribution in [2.24, 2.45) is 0 Å². The van der Waals surface area contributed by atoms with Gasteiger partial charge in [-0.1, -0.05) is 19.1 Å². The Kier molecular flexibility index (Phi) is 6.15. The van der Waals surface area contributed by atoms with Gasteiger partial charge in [0.1, 0.15) is 6.10 Å². The highest BCUT2D eigenvalue weighted by molar-refractivity contribution is 5.46. The normalized spacial score (nSPS) is 16.1. The smallest absolute Gasteiger partial charge is 0.166 e. The summed E-state index contributed by atoms with van der Waals surface area (Å²) in [6, 6.07) is 6.07. The monoisotopic (exact) mass is 279 g/mol. The fraction of sp³-hybridized carbons (Fsp3) is 0.625. The first-order valence-electron chi connectivity index (χ1n) is 7.46. The second-order valence-electron chi connectivity index (χ2n) is 5.05. The van der Waals surface area contributed by atoms with Gasteiger partial charge in [0.25, 0.3) is 0 Å². The standard InChI is InChI=1S/C16H25NO3/c1-3-9-17-12-13-5-4-6-15(18-2)16(13)20-14-7-10-19-11-8-14/h4-6,14,17H,3,7-12H2,1-2H3. The first kappa shape index (κ1) is 15.1. The Bertz CT molecular complexity index is 403. The average molecular weight is 279 g/mol. The molecule has 1 aliphatic heterocycles. The van der Waals surface area contributed by atoms with Crippen LogP contribution in [0.2, 0.25) is 0 Å². The van der Waals surface area contributed by atoms with E-state index in [1.54, 1.807) is 7.11 Å². The van der Waals surface area contributed by atoms with Crippen molar-refractivity contribution in [1.29, 1.82) is 0 Å². The van der Waals surface area contributed by atoms with E-state index in [0.717, 1.165) is 62.6 Å². The van der Waals surface area contributed by atoms with Crippen molar-refractivity contribution in [2.75, 3.05) is 26.9 Å². The predicted octanol–water partition coefficient (Wildman–Crippen LogP) is 2.75. The van der Waals surface area contributed by atoms with Gasteiger partial charge in [-0.25, -0.2) is 0 Å². The summed E-state index contributed by atoms with van der Waals surface area (Å²) < 4.78 is 17.0. The molecule has 20 heavy (non-hydrogen) atoms. The average Bonchev–Trinajstić information content (AvgIpc) is 2.50. The number of ether oxygens (including phenoxy) is 3. The van der Waals surface area contributed by atoms with Crippen LogP contribution in [-0.2, 0) is 11.3 Å². The summed E-state index contributed by atoms with van der Waals surface area (Å²) in [5.41, 5.74) is 1.16. The van der Waals surface area contributed by atoms with Gasteiger partial charge in [0.05, 0.1) is 20.3 Å². The highest BCUT2D eigenvalue weighted by Gasteiger charge is 2.19. The van der Waals surface area contributed by atoms with E-state index in [9.17, 15) is 0 Å². The van der Waals surface area contributed by atoms with Gasteiger partial charge >= 0.3 is 0 Å². The maximum atomic E-state index is 6.19. The first-order valence-corrected chi connectivity index (χ1v) is 7.46. The molecule has 0 unspecified atom stereocenters. The number of hydrogen-bond donors (Lipinski definition) is 1. The van der Waals surface area contributed by atoms with Gasteiger partial charge in [0.15, 0.2) is 11.5 Å². The summed E-state index contributed by atoms with van der Waals surface area (Å²) in [6.07, 6.45) is 3.24. The van der Waals surface area contributed by atoms with Crippen molar-refractivity contribution in [2.45, 2.75) is 38.8 Å². The SMILES string of the molecule is CCCNCc1cccc(OC)c1OC1CCOCC1. The Morgan fingerprint density at radius 2 is 2.10 bits per heavy atom. The first-order chi connectivity index (χ1) is 9.85. The molecule has 1 saturated heterocycles. The third kappa shape index (κ3) is 4.12. The number of nitrogens with one attached hydrogen (secondary N) is 1. The van der Waals surface area contributed by atoms with Gasteiger partial charge in [0, 0.05) is 24.9 Å². The maximum absolute atomic E-state index is 6.19. The molecule has 0 saturated carbocycles. The van der Waals surface area contributed by atoms with E-state index in [1.807, 2.05) is 12.1 Å². The van der Waals surface area contributed by atoms with Crippen LogP contribution in [0.25, 0.3) is 0 Å². The summed E-state index contributed by atoms with van der Waals surface area (Å²) in [5.74, 6) is 1.69. The summed E-state index contributed by atoms with van der Waals surface area (Å²) in [4.78, 5) is 0. The lowest BCUT2D eigenvalue weighted by Gasteiger charge is -2.25. The van der Waals surface area contributed by atoms with Crippen molar-refractivity contribution in [1.82, 2.24) is 5.32 Å². The van der Waals surface area contributed by atoms with Crippen molar-refractivity contribution in [3.8, 4) is 11.5 Å². The van der Waals surface area contributed by atoms with E-state index >= 15 is 0 Å². The molecule has 1 N–H and O–H groups in total. The molecule has 1 fully saturated rings. The van der Waals surface area contributed by atoms with Gasteiger partial charge in [-0.2, -0.15) is 0 Å². The molecule has 0 radical (unpaired) electrons. The Hall–Kier alpha value is -1.26. The summed E-state index contributed by atoms with van der Waals surface area (Å²) in [5, 5.41) is 3.42. The van der Waals surface area contributed by atoms with Crippen molar-refractivity contribution >= 4 is 0 Å². The van der Waals surface area contributed by atoms with Crippen LogP contribution in [0.5, 0.6) is 11.5 Å². The molecule has 4 nitrogen and oxygen atoms in total. The number of rotatable bonds is 7. The van der Waals surface area contributed by atoms with Crippen molar-refractivity contribution < 1.29 is 14.2 Å². The zero-order valence-electron chi connectivity index (χ0n) is 12.5. The van der Waals surface area contributed by atoms with E-state index in [0.29, 0.717) is 0 Å². The molecule has 2 rings (SSSR count). The molecule has 1 aromatic rings. The number of benzene rings is 1. The molecule has 1 aromatic carbocycles. The van der Waals surface area contributed by atoms with Crippen molar-refractivity contribution in [3.05, 3.63) is 23.8 Å². The number of methoxy groups -OCH3 is 1. The van der Waals surface area contributed by atoms with Gasteiger partial charge in [0.2, 0.25) is 0 Å². The molecule has 0 bridgehead atoms. The highest BCUT2D eigenvalue weighted by atomic mass is 16.5. The zero-order valence-corrected chi connectivity index (χ0v) is 12.5. The minimum absolute atomic E-state index is 0.227. The van der Waals surface area contributed by atoms with Crippen LogP contribution in [0.15, 0.2) is 18.2 Å². The van der Waals surface area contributed by atoms with Crippen LogP contribution >= 0.6 is 0 Å². The lowest BCUT2D eigenvalue weighted by molar-refractivity contribution is 0.0241. The second kappa shape index (κ2) is 8.12. The molecule has 0 amide bonds. The summed E-state index contributed by atoms with van der Waals surface area (Å²) in [6.45, 7) is 5.54. The molecule has 0 aliphatic carbocycles. The molecular weight excluding hydrogens is 254 g/mol. The third-order valence-electron chi connectivity index (χ3n) is 3.48. The van der Waals surface area contributed by atoms with Crippen LogP contribution < -0.4 is 14.8 Å². The molecular formula is C16H25NO3. The van der Waals surface area contributed by atoms with E-state index < -0.39 is 0 Å². The number of hydrogen-bond acceptors (Lipinski definition) is 4. The van der Waals surface area contributed by atoms with Gasteiger partial charge in [-0.15, -0.1) is 0 Å². The minimum Gasteiger partial charge on any atom is -0.493 e. The number of para-hydroxylation sites is 1. The van der Waals surface area contributed by atoms with E-state index in [-0.39, 0.29) is 6.10 Å². The fourth-order valence-corrected chi connectivity index (χ4v) is 2.36. The predicted molar refractivity (Wildman–Crippen MR) is 79.5 cm³/mol. The lowest BCUT2D eigenvalue weighted by Crippen LogP contribution is -2.27. The van der Waals surface area contributed by atoms with Crippen LogP contribution in [0, 0.1) is 0 Å². The minimum atomic E-state index is 0.227. The Morgan fingerprint density at radius 1 is 1.30 bits per heavy atom. The molecule has 112 valence electrons. The Labute approximate surface area is 121 Å². The van der Waals surface area contributed by atoms with Gasteiger partial charge in [-0.3, -0.25) is 0 Å². The molecule has 0 aromatic heterocycles. The van der Waals surface area contributed by atoms with E-state index in [4.69, 9.17) is 14.2 Å². The molecule has 4 heteroatoms. The molecule has 0 atom stereocenters. The molecule has 1 heterocycles. The van der Waals surface area contributed by atoms with Gasteiger partial charge < -0.3 is 19.5 Å². The van der Waals surface area contributed by atoms with E-state index in [1.165, 1.54) is 0 Å².